The van der Waals surface area contributed by atoms with Crippen LogP contribution in [0, 0.1) is 5.92 Å². The average molecular weight is 371 g/mol. The van der Waals surface area contributed by atoms with Crippen LogP contribution >= 0.6 is 0 Å². The molecule has 0 unspecified atom stereocenters. The Kier molecular flexibility index (Phi) is 6.81. The monoisotopic (exact) mass is 371 g/mol. The molecule has 3 rings (SSSR count). The Bertz CT molecular complexity index is 710. The number of hydrogen-bond donors (Lipinski definition) is 1. The number of rotatable bonds is 7. The van der Waals surface area contributed by atoms with Crippen LogP contribution in [0.1, 0.15) is 31.9 Å². The normalized spacial score (nSPS) is 15.6. The molecule has 2 aromatic rings. The van der Waals surface area contributed by atoms with Crippen molar-refractivity contribution in [3.05, 3.63) is 36.4 Å². The summed E-state index contributed by atoms with van der Waals surface area (Å²) in [6.45, 7) is 6.82. The first-order valence-corrected chi connectivity index (χ1v) is 9.73. The molecule has 2 amide bonds. The lowest BCUT2D eigenvalue weighted by Crippen LogP contribution is -2.39. The van der Waals surface area contributed by atoms with Crippen molar-refractivity contribution in [1.82, 2.24) is 25.3 Å². The molecule has 0 spiro atoms. The van der Waals surface area contributed by atoms with E-state index >= 15 is 0 Å². The van der Waals surface area contributed by atoms with E-state index in [2.05, 4.69) is 27.3 Å². The zero-order chi connectivity index (χ0) is 19.1. The summed E-state index contributed by atoms with van der Waals surface area (Å²) in [6, 6.07) is 5.54. The van der Waals surface area contributed by atoms with Gasteiger partial charge in [0.25, 0.3) is 0 Å². The van der Waals surface area contributed by atoms with Crippen molar-refractivity contribution in [2.24, 2.45) is 5.92 Å². The molecule has 1 aliphatic rings. The molecule has 0 saturated carbocycles. The molecular weight excluding hydrogens is 342 g/mol. The van der Waals surface area contributed by atoms with Crippen molar-refractivity contribution in [3.8, 4) is 11.3 Å². The van der Waals surface area contributed by atoms with Gasteiger partial charge in [0, 0.05) is 37.6 Å². The van der Waals surface area contributed by atoms with Crippen molar-refractivity contribution < 1.29 is 9.32 Å². The molecule has 1 N–H and O–H groups in total. The molecular formula is C20H29N5O2. The van der Waals surface area contributed by atoms with Gasteiger partial charge in [0.15, 0.2) is 5.76 Å². The van der Waals surface area contributed by atoms with Gasteiger partial charge in [-0.05, 0) is 56.9 Å². The zero-order valence-electron chi connectivity index (χ0n) is 16.2. The molecule has 1 aliphatic heterocycles. The van der Waals surface area contributed by atoms with Gasteiger partial charge >= 0.3 is 6.03 Å². The Morgan fingerprint density at radius 1 is 1.33 bits per heavy atom. The van der Waals surface area contributed by atoms with E-state index in [1.165, 1.54) is 25.9 Å². The van der Waals surface area contributed by atoms with E-state index < -0.39 is 0 Å². The number of hydrogen-bond acceptors (Lipinski definition) is 5. The van der Waals surface area contributed by atoms with Crippen molar-refractivity contribution >= 4 is 6.03 Å². The highest BCUT2D eigenvalue weighted by Gasteiger charge is 2.18. The van der Waals surface area contributed by atoms with E-state index in [0.29, 0.717) is 12.3 Å². The van der Waals surface area contributed by atoms with Gasteiger partial charge in [-0.15, -0.1) is 0 Å². The summed E-state index contributed by atoms with van der Waals surface area (Å²) in [5.41, 5.74) is 1.70. The maximum atomic E-state index is 12.3. The molecule has 3 heterocycles. The predicted molar refractivity (Wildman–Crippen MR) is 104 cm³/mol. The summed E-state index contributed by atoms with van der Waals surface area (Å²) in [5.74, 6) is 1.38. The van der Waals surface area contributed by atoms with Crippen molar-refractivity contribution in [1.29, 1.82) is 0 Å². The molecule has 7 heteroatoms. The van der Waals surface area contributed by atoms with Gasteiger partial charge in [0.2, 0.25) is 0 Å². The summed E-state index contributed by atoms with van der Waals surface area (Å²) < 4.78 is 5.36. The molecule has 1 saturated heterocycles. The second-order valence-corrected chi connectivity index (χ2v) is 7.17. The van der Waals surface area contributed by atoms with Crippen LogP contribution in [0.3, 0.4) is 0 Å². The number of pyridine rings is 1. The van der Waals surface area contributed by atoms with Crippen molar-refractivity contribution in [2.45, 2.75) is 32.7 Å². The molecule has 0 atom stereocenters. The summed E-state index contributed by atoms with van der Waals surface area (Å²) in [4.78, 5) is 20.4. The third-order valence-electron chi connectivity index (χ3n) is 5.26. The Balaban J connectivity index is 1.40. The first kappa shape index (κ1) is 19.4. The molecule has 27 heavy (non-hydrogen) atoms. The quantitative estimate of drug-likeness (QED) is 0.810. The lowest BCUT2D eigenvalue weighted by Gasteiger charge is -2.31. The largest absolute Gasteiger partial charge is 0.359 e. The Morgan fingerprint density at radius 2 is 2.07 bits per heavy atom. The van der Waals surface area contributed by atoms with Crippen LogP contribution in [0.4, 0.5) is 4.79 Å². The van der Waals surface area contributed by atoms with Crippen LogP contribution in [-0.4, -0.2) is 59.2 Å². The lowest BCUT2D eigenvalue weighted by atomic mass is 9.93. The predicted octanol–water partition coefficient (Wildman–Crippen LogP) is 3.00. The molecule has 7 nitrogen and oxygen atoms in total. The molecule has 2 aromatic heterocycles. The molecule has 0 radical (unpaired) electrons. The smallest absolute Gasteiger partial charge is 0.317 e. The highest BCUT2D eigenvalue weighted by atomic mass is 16.5. The molecule has 146 valence electrons. The number of urea groups is 1. The summed E-state index contributed by atoms with van der Waals surface area (Å²) in [6.07, 6.45) is 6.95. The van der Waals surface area contributed by atoms with Crippen LogP contribution in [-0.2, 0) is 6.54 Å². The SMILES string of the molecule is CCN1CCC(CCNC(=O)N(C)Cc2cc(-c3ccncc3)no2)CC1. The zero-order valence-corrected chi connectivity index (χ0v) is 16.2. The van der Waals surface area contributed by atoms with E-state index in [4.69, 9.17) is 4.52 Å². The van der Waals surface area contributed by atoms with Gasteiger partial charge in [-0.1, -0.05) is 12.1 Å². The fraction of sp³-hybridized carbons (Fsp3) is 0.550. The number of nitrogens with zero attached hydrogens (tertiary/aromatic N) is 4. The topological polar surface area (TPSA) is 74.5 Å². The van der Waals surface area contributed by atoms with Crippen molar-refractivity contribution in [2.75, 3.05) is 33.2 Å². The minimum Gasteiger partial charge on any atom is -0.359 e. The minimum atomic E-state index is -0.0807. The van der Waals surface area contributed by atoms with Crippen LogP contribution in [0.5, 0.6) is 0 Å². The number of aromatic nitrogens is 2. The number of amides is 2. The van der Waals surface area contributed by atoms with Gasteiger partial charge in [-0.25, -0.2) is 4.79 Å². The molecule has 0 bridgehead atoms. The lowest BCUT2D eigenvalue weighted by molar-refractivity contribution is 0.182. The number of carbonyl (C=O) groups is 1. The van der Waals surface area contributed by atoms with E-state index in [1.807, 2.05) is 18.2 Å². The number of carbonyl (C=O) groups excluding carboxylic acids is 1. The highest BCUT2D eigenvalue weighted by Crippen LogP contribution is 2.20. The first-order chi connectivity index (χ1) is 13.2. The van der Waals surface area contributed by atoms with Gasteiger partial charge < -0.3 is 19.6 Å². The average Bonchev–Trinajstić information content (AvgIpc) is 3.17. The maximum Gasteiger partial charge on any atom is 0.317 e. The van der Waals surface area contributed by atoms with E-state index in [1.54, 1.807) is 24.3 Å². The standard InChI is InChI=1S/C20H29N5O2/c1-3-25-12-7-16(8-13-25)4-11-22-20(26)24(2)15-18-14-19(23-27-18)17-5-9-21-10-6-17/h5-6,9-10,14,16H,3-4,7-8,11-13,15H2,1-2H3,(H,22,26). The van der Waals surface area contributed by atoms with E-state index in [9.17, 15) is 4.79 Å². The number of piperidine rings is 1. The summed E-state index contributed by atoms with van der Waals surface area (Å²) in [7, 11) is 1.77. The number of likely N-dealkylation sites (tertiary alicyclic amines) is 1. The van der Waals surface area contributed by atoms with E-state index in [-0.39, 0.29) is 6.03 Å². The Morgan fingerprint density at radius 3 is 2.78 bits per heavy atom. The second kappa shape index (κ2) is 9.50. The van der Waals surface area contributed by atoms with Gasteiger partial charge in [0.1, 0.15) is 5.69 Å². The molecule has 0 aliphatic carbocycles. The van der Waals surface area contributed by atoms with Crippen molar-refractivity contribution in [3.63, 3.8) is 0 Å². The molecule has 1 fully saturated rings. The van der Waals surface area contributed by atoms with Crippen LogP contribution in [0.2, 0.25) is 0 Å². The molecule has 0 aromatic carbocycles. The first-order valence-electron chi connectivity index (χ1n) is 9.73. The fourth-order valence-corrected chi connectivity index (χ4v) is 3.46. The maximum absolute atomic E-state index is 12.3. The highest BCUT2D eigenvalue weighted by molar-refractivity contribution is 5.73. The van der Waals surface area contributed by atoms with Gasteiger partial charge in [-0.3, -0.25) is 4.98 Å². The Labute approximate surface area is 160 Å². The van der Waals surface area contributed by atoms with Gasteiger partial charge in [-0.2, -0.15) is 0 Å². The second-order valence-electron chi connectivity index (χ2n) is 7.17. The fourth-order valence-electron chi connectivity index (χ4n) is 3.46. The third-order valence-corrected chi connectivity index (χ3v) is 5.26. The minimum absolute atomic E-state index is 0.0807. The van der Waals surface area contributed by atoms with Crippen LogP contribution in [0.15, 0.2) is 35.1 Å². The third kappa shape index (κ3) is 5.53. The summed E-state index contributed by atoms with van der Waals surface area (Å²) in [5, 5.41) is 7.09. The Hall–Kier alpha value is -2.41. The number of nitrogens with one attached hydrogen (secondary N) is 1. The van der Waals surface area contributed by atoms with Gasteiger partial charge in [0.05, 0.1) is 6.54 Å². The van der Waals surface area contributed by atoms with Crippen LogP contribution < -0.4 is 5.32 Å². The van der Waals surface area contributed by atoms with Crippen LogP contribution in [0.25, 0.3) is 11.3 Å². The van der Waals surface area contributed by atoms with E-state index in [0.717, 1.165) is 36.7 Å². The summed E-state index contributed by atoms with van der Waals surface area (Å²) >= 11 is 0.